The van der Waals surface area contributed by atoms with Gasteiger partial charge in [0.1, 0.15) is 24.9 Å². The summed E-state index contributed by atoms with van der Waals surface area (Å²) < 4.78 is 22.5. The van der Waals surface area contributed by atoms with Crippen LogP contribution < -0.4 is 0 Å². The Morgan fingerprint density at radius 1 is 0.857 bits per heavy atom. The molecule has 0 unspecified atom stereocenters. The van der Waals surface area contributed by atoms with E-state index in [9.17, 15) is 49.8 Å². The number of fused-ring (bicyclic) bond motifs is 7. The highest BCUT2D eigenvalue weighted by Crippen LogP contribution is 2.76. The monoisotopic (exact) mass is 794 g/mol. The molecule has 0 spiro atoms. The molecule has 1 heterocycles. The fraction of sp³-hybridized carbons (Fsp3) is 0.854. The fourth-order valence-corrected chi connectivity index (χ4v) is 12.9. The number of hydrogen-bond acceptors (Lipinski definition) is 11. The average Bonchev–Trinajstić information content (AvgIpc) is 3.09. The van der Waals surface area contributed by atoms with Gasteiger partial charge in [-0.05, 0) is 109 Å². The molecule has 0 aromatic carbocycles. The summed E-state index contributed by atoms with van der Waals surface area (Å²) in [6.45, 7) is 14.8. The van der Waals surface area contributed by atoms with E-state index in [1.165, 1.54) is 5.57 Å². The van der Waals surface area contributed by atoms with Crippen LogP contribution in [0.3, 0.4) is 0 Å². The minimum Gasteiger partial charge on any atom is -0.481 e. The smallest absolute Gasteiger partial charge is 0.337 e. The topological polar surface area (TPSA) is 247 Å². The van der Waals surface area contributed by atoms with E-state index in [0.29, 0.717) is 25.2 Å². The molecule has 15 atom stereocenters. The highest BCUT2D eigenvalue weighted by molar-refractivity contribution is 5.77. The van der Waals surface area contributed by atoms with Gasteiger partial charge in [-0.3, -0.25) is 4.79 Å². The Labute approximate surface area is 327 Å². The van der Waals surface area contributed by atoms with Crippen LogP contribution in [0.1, 0.15) is 113 Å². The van der Waals surface area contributed by atoms with Gasteiger partial charge in [0, 0.05) is 0 Å². The Bertz CT molecular complexity index is 1610. The summed E-state index contributed by atoms with van der Waals surface area (Å²) in [6, 6.07) is 0. The molecule has 0 amide bonds. The number of rotatable bonds is 11. The van der Waals surface area contributed by atoms with Gasteiger partial charge in [0.25, 0.3) is 0 Å². The zero-order chi connectivity index (χ0) is 41.6. The number of carbonyl (C=O) groups is 4. The van der Waals surface area contributed by atoms with Crippen molar-refractivity contribution in [3.05, 3.63) is 11.6 Å². The van der Waals surface area contributed by atoms with Gasteiger partial charge in [-0.15, -0.1) is 0 Å². The van der Waals surface area contributed by atoms with Crippen LogP contribution in [-0.4, -0.2) is 115 Å². The maximum absolute atomic E-state index is 13.0. The van der Waals surface area contributed by atoms with E-state index in [4.69, 9.17) is 24.1 Å². The quantitative estimate of drug-likeness (QED) is 0.0886. The molecule has 15 nitrogen and oxygen atoms in total. The van der Waals surface area contributed by atoms with Gasteiger partial charge in [-0.1, -0.05) is 60.1 Å². The SMILES string of the molecule is CC1(C)CC[C@]2(C(=O)O)CC[C@]3(C)C(=CC[C@@H]4[C@@]5(C)CC[C@H](O[C@@H]6O[C@H](C(=O)O)[C@@H](O)[C@H](O[C@H](OCC(=O)O)[C@@H](O)C(=O)O)[C@H]6O)C(C)(C)[C@@H]5CC[C@]43C)[C@H]2C1. The Kier molecular flexibility index (Phi) is 11.2. The maximum atomic E-state index is 13.0. The van der Waals surface area contributed by atoms with Gasteiger partial charge < -0.3 is 54.7 Å². The summed E-state index contributed by atoms with van der Waals surface area (Å²) in [5.74, 6) is -5.22. The van der Waals surface area contributed by atoms with Crippen molar-refractivity contribution in [3.63, 3.8) is 0 Å². The lowest BCUT2D eigenvalue weighted by molar-refractivity contribution is -0.345. The van der Waals surface area contributed by atoms with Crippen molar-refractivity contribution in [2.75, 3.05) is 6.61 Å². The van der Waals surface area contributed by atoms with Crippen LogP contribution in [0.15, 0.2) is 11.6 Å². The van der Waals surface area contributed by atoms with Crippen molar-refractivity contribution in [2.45, 2.75) is 162 Å². The zero-order valence-corrected chi connectivity index (χ0v) is 33.6. The van der Waals surface area contributed by atoms with Gasteiger partial charge in [-0.25, -0.2) is 14.4 Å². The molecule has 4 saturated carbocycles. The first kappa shape index (κ1) is 42.9. The van der Waals surface area contributed by atoms with Crippen LogP contribution in [0.4, 0.5) is 0 Å². The molecule has 6 aliphatic rings. The van der Waals surface area contributed by atoms with Crippen LogP contribution in [0.2, 0.25) is 0 Å². The molecule has 0 bridgehead atoms. The molecule has 0 aromatic heterocycles. The Balaban J connectivity index is 1.25. The second-order valence-electron chi connectivity index (χ2n) is 19.9. The largest absolute Gasteiger partial charge is 0.481 e. The summed E-state index contributed by atoms with van der Waals surface area (Å²) in [4.78, 5) is 48.0. The molecule has 6 rings (SSSR count). The lowest BCUT2D eigenvalue weighted by Gasteiger charge is -2.71. The third kappa shape index (κ3) is 6.70. The standard InChI is InChI=1S/C41H62O15/c1-36(2)14-16-41(35(51)52)17-15-39(6)20(21(41)18-36)8-9-23-38(5)12-11-24(37(3,4)22(38)10-13-40(23,39)7)54-34-27(45)29(26(44)30(56-34)32(49)50)55-33(28(46)31(47)48)53-19-25(42)43/h8,21-24,26-30,33-34,44-46H,9-19H2,1-7H3,(H,42,43)(H,47,48)(H,49,50)(H,51,52)/t21-,22+,23-,24+,26+,27-,28+,29+,30+,33+,34-,38+,39-,40-,41+/m1/s1. The second kappa shape index (κ2) is 14.6. The zero-order valence-electron chi connectivity index (χ0n) is 33.6. The number of allylic oxidation sites excluding steroid dienone is 2. The maximum Gasteiger partial charge on any atom is 0.337 e. The minimum atomic E-state index is -2.44. The highest BCUT2D eigenvalue weighted by Gasteiger charge is 2.69. The van der Waals surface area contributed by atoms with E-state index >= 15 is 0 Å². The normalized spacial score (nSPS) is 45.0. The lowest BCUT2D eigenvalue weighted by Crippen LogP contribution is -2.66. The number of hydrogen-bond donors (Lipinski definition) is 7. The number of aliphatic carboxylic acids is 4. The molecule has 1 saturated heterocycles. The summed E-state index contributed by atoms with van der Waals surface area (Å²) in [5.41, 5.74) is -0.246. The number of aliphatic hydroxyl groups excluding tert-OH is 3. The van der Waals surface area contributed by atoms with Crippen molar-refractivity contribution in [2.24, 2.45) is 50.2 Å². The van der Waals surface area contributed by atoms with E-state index in [2.05, 4.69) is 54.5 Å². The summed E-state index contributed by atoms with van der Waals surface area (Å²) in [6.07, 6.45) is -4.44. The van der Waals surface area contributed by atoms with Crippen LogP contribution in [-0.2, 0) is 38.1 Å². The predicted molar refractivity (Wildman–Crippen MR) is 196 cm³/mol. The van der Waals surface area contributed by atoms with Crippen molar-refractivity contribution in [3.8, 4) is 0 Å². The van der Waals surface area contributed by atoms with E-state index in [1.807, 2.05) is 0 Å². The summed E-state index contributed by atoms with van der Waals surface area (Å²) in [5, 5.41) is 71.6. The first-order valence-electron chi connectivity index (χ1n) is 20.1. The van der Waals surface area contributed by atoms with Crippen molar-refractivity contribution in [1.82, 2.24) is 0 Å². The van der Waals surface area contributed by atoms with Gasteiger partial charge >= 0.3 is 23.9 Å². The molecule has 316 valence electrons. The van der Waals surface area contributed by atoms with Gasteiger partial charge in [0.2, 0.25) is 6.10 Å². The second-order valence-corrected chi connectivity index (χ2v) is 19.9. The Morgan fingerprint density at radius 2 is 1.52 bits per heavy atom. The van der Waals surface area contributed by atoms with Crippen molar-refractivity contribution < 1.29 is 73.9 Å². The molecule has 0 aromatic rings. The fourth-order valence-electron chi connectivity index (χ4n) is 12.9. The van der Waals surface area contributed by atoms with Crippen molar-refractivity contribution in [1.29, 1.82) is 0 Å². The highest BCUT2D eigenvalue weighted by atomic mass is 16.7. The van der Waals surface area contributed by atoms with Crippen LogP contribution in [0, 0.1) is 50.2 Å². The van der Waals surface area contributed by atoms with E-state index < -0.39 is 90.5 Å². The Morgan fingerprint density at radius 3 is 2.12 bits per heavy atom. The molecule has 5 aliphatic carbocycles. The minimum absolute atomic E-state index is 0.000609. The predicted octanol–water partition coefficient (Wildman–Crippen LogP) is 4.05. The first-order valence-corrected chi connectivity index (χ1v) is 20.1. The number of ether oxygens (including phenoxy) is 4. The molecule has 56 heavy (non-hydrogen) atoms. The third-order valence-electron chi connectivity index (χ3n) is 16.3. The molecular weight excluding hydrogens is 732 g/mol. The molecular formula is C41H62O15. The molecule has 1 aliphatic heterocycles. The van der Waals surface area contributed by atoms with E-state index in [1.54, 1.807) is 0 Å². The lowest BCUT2D eigenvalue weighted by atomic mass is 9.33. The summed E-state index contributed by atoms with van der Waals surface area (Å²) >= 11 is 0. The van der Waals surface area contributed by atoms with E-state index in [0.717, 1.165) is 44.9 Å². The van der Waals surface area contributed by atoms with Gasteiger partial charge in [0.05, 0.1) is 11.5 Å². The average molecular weight is 795 g/mol. The molecule has 0 radical (unpaired) electrons. The van der Waals surface area contributed by atoms with Crippen LogP contribution in [0.5, 0.6) is 0 Å². The number of carboxylic acids is 4. The molecule has 5 fully saturated rings. The van der Waals surface area contributed by atoms with Gasteiger partial charge in [-0.2, -0.15) is 0 Å². The third-order valence-corrected chi connectivity index (χ3v) is 16.3. The summed E-state index contributed by atoms with van der Waals surface area (Å²) in [7, 11) is 0. The van der Waals surface area contributed by atoms with E-state index in [-0.39, 0.29) is 33.5 Å². The van der Waals surface area contributed by atoms with Gasteiger partial charge in [0.15, 0.2) is 18.7 Å². The first-order chi connectivity index (χ1) is 25.9. The number of aliphatic hydroxyl groups is 3. The molecule has 15 heteroatoms. The Hall–Kier alpha value is -2.66. The van der Waals surface area contributed by atoms with Crippen LogP contribution in [0.25, 0.3) is 0 Å². The van der Waals surface area contributed by atoms with Crippen LogP contribution >= 0.6 is 0 Å². The van der Waals surface area contributed by atoms with Crippen molar-refractivity contribution >= 4 is 23.9 Å². The number of carboxylic acid groups (broad SMARTS) is 4. The molecule has 7 N–H and O–H groups in total.